The van der Waals surface area contributed by atoms with E-state index in [4.69, 9.17) is 6.42 Å². The largest absolute Gasteiger partial charge is 0.416 e. The van der Waals surface area contributed by atoms with E-state index in [1.54, 1.807) is 30.3 Å². The summed E-state index contributed by atoms with van der Waals surface area (Å²) in [5.74, 6) is 1.89. The highest BCUT2D eigenvalue weighted by molar-refractivity contribution is 5.95. The number of benzene rings is 2. The second-order valence-corrected chi connectivity index (χ2v) is 5.00. The molecule has 2 rings (SSSR count). The van der Waals surface area contributed by atoms with Gasteiger partial charge < -0.3 is 5.32 Å². The van der Waals surface area contributed by atoms with E-state index >= 15 is 0 Å². The number of terminal acetylenes is 1. The number of halogens is 3. The summed E-state index contributed by atoms with van der Waals surface area (Å²) in [5, 5.41) is 5.37. The summed E-state index contributed by atoms with van der Waals surface area (Å²) in [5.41, 5.74) is -0.0939. The standard InChI is InChI=1S/C18H15F3N2O/c1-2-11-22-16(13-7-4-3-5-8-13)17(24)23-15-10-6-9-14(12-15)18(19,20)21/h1,3-10,12,16,22H,11H2,(H,23,24)/t16-/m0/s1. The number of hydrogen-bond donors (Lipinski definition) is 2. The van der Waals surface area contributed by atoms with E-state index in [1.165, 1.54) is 12.1 Å². The zero-order chi connectivity index (χ0) is 17.6. The molecule has 124 valence electrons. The van der Waals surface area contributed by atoms with Crippen LogP contribution in [-0.4, -0.2) is 12.5 Å². The maximum atomic E-state index is 12.7. The number of carbonyl (C=O) groups is 1. The van der Waals surface area contributed by atoms with Crippen LogP contribution < -0.4 is 10.6 Å². The highest BCUT2D eigenvalue weighted by atomic mass is 19.4. The molecule has 0 saturated heterocycles. The summed E-state index contributed by atoms with van der Waals surface area (Å²) in [4.78, 5) is 12.5. The van der Waals surface area contributed by atoms with E-state index in [1.807, 2.05) is 0 Å². The number of hydrogen-bond acceptors (Lipinski definition) is 2. The SMILES string of the molecule is C#CCN[C@H](C(=O)Nc1cccc(C(F)(F)F)c1)c1ccccc1. The monoisotopic (exact) mass is 332 g/mol. The van der Waals surface area contributed by atoms with Gasteiger partial charge in [0, 0.05) is 5.69 Å². The quantitative estimate of drug-likeness (QED) is 0.822. The molecule has 2 aromatic rings. The van der Waals surface area contributed by atoms with Gasteiger partial charge in [-0.2, -0.15) is 13.2 Å². The minimum Gasteiger partial charge on any atom is -0.324 e. The zero-order valence-electron chi connectivity index (χ0n) is 12.6. The maximum Gasteiger partial charge on any atom is 0.416 e. The third kappa shape index (κ3) is 4.61. The Bertz CT molecular complexity index is 736. The van der Waals surface area contributed by atoms with E-state index in [0.29, 0.717) is 5.56 Å². The lowest BCUT2D eigenvalue weighted by Crippen LogP contribution is -2.33. The average molecular weight is 332 g/mol. The highest BCUT2D eigenvalue weighted by Gasteiger charge is 2.30. The molecule has 0 fully saturated rings. The van der Waals surface area contributed by atoms with Crippen LogP contribution in [0, 0.1) is 12.3 Å². The Balaban J connectivity index is 2.20. The van der Waals surface area contributed by atoms with Crippen molar-refractivity contribution in [2.75, 3.05) is 11.9 Å². The van der Waals surface area contributed by atoms with Crippen molar-refractivity contribution in [3.63, 3.8) is 0 Å². The number of amides is 1. The van der Waals surface area contributed by atoms with Gasteiger partial charge in [0.2, 0.25) is 5.91 Å². The third-order valence-corrected chi connectivity index (χ3v) is 3.26. The van der Waals surface area contributed by atoms with Crippen LogP contribution in [0.15, 0.2) is 54.6 Å². The van der Waals surface area contributed by atoms with Gasteiger partial charge in [-0.05, 0) is 23.8 Å². The van der Waals surface area contributed by atoms with E-state index in [9.17, 15) is 18.0 Å². The Morgan fingerprint density at radius 3 is 2.46 bits per heavy atom. The number of alkyl halides is 3. The number of nitrogens with one attached hydrogen (secondary N) is 2. The van der Waals surface area contributed by atoms with E-state index in [0.717, 1.165) is 12.1 Å². The Labute approximate surface area is 137 Å². The molecule has 3 nitrogen and oxygen atoms in total. The van der Waals surface area contributed by atoms with Crippen LogP contribution in [0.1, 0.15) is 17.2 Å². The highest BCUT2D eigenvalue weighted by Crippen LogP contribution is 2.30. The molecule has 0 saturated carbocycles. The molecule has 0 spiro atoms. The summed E-state index contributed by atoms with van der Waals surface area (Å²) in [6.45, 7) is 0.148. The number of carbonyl (C=O) groups excluding carboxylic acids is 1. The molecule has 24 heavy (non-hydrogen) atoms. The Morgan fingerprint density at radius 1 is 1.12 bits per heavy atom. The molecule has 0 aliphatic heterocycles. The lowest BCUT2D eigenvalue weighted by molar-refractivity contribution is -0.137. The second-order valence-electron chi connectivity index (χ2n) is 5.00. The number of rotatable bonds is 5. The van der Waals surface area contributed by atoms with Crippen LogP contribution in [0.4, 0.5) is 18.9 Å². The van der Waals surface area contributed by atoms with Crippen molar-refractivity contribution in [1.29, 1.82) is 0 Å². The molecule has 1 atom stereocenters. The summed E-state index contributed by atoms with van der Waals surface area (Å²) in [6, 6.07) is 12.5. The Morgan fingerprint density at radius 2 is 1.83 bits per heavy atom. The van der Waals surface area contributed by atoms with Gasteiger partial charge in [0.1, 0.15) is 6.04 Å². The zero-order valence-corrected chi connectivity index (χ0v) is 12.6. The van der Waals surface area contributed by atoms with Gasteiger partial charge in [-0.25, -0.2) is 0 Å². The molecule has 0 bridgehead atoms. The second kappa shape index (κ2) is 7.66. The van der Waals surface area contributed by atoms with Crippen molar-refractivity contribution in [2.45, 2.75) is 12.2 Å². The minimum absolute atomic E-state index is 0.0678. The van der Waals surface area contributed by atoms with Gasteiger partial charge in [0.15, 0.2) is 0 Å². The summed E-state index contributed by atoms with van der Waals surface area (Å²) in [6.07, 6.45) is 0.735. The molecular weight excluding hydrogens is 317 g/mol. The van der Waals surface area contributed by atoms with Crippen LogP contribution >= 0.6 is 0 Å². The Hall–Kier alpha value is -2.78. The van der Waals surface area contributed by atoms with E-state index < -0.39 is 23.7 Å². The summed E-state index contributed by atoms with van der Waals surface area (Å²) >= 11 is 0. The molecule has 0 radical (unpaired) electrons. The average Bonchev–Trinajstić information content (AvgIpc) is 2.55. The lowest BCUT2D eigenvalue weighted by Gasteiger charge is -2.18. The van der Waals surface area contributed by atoms with Crippen molar-refractivity contribution in [3.05, 3.63) is 65.7 Å². The van der Waals surface area contributed by atoms with Crippen LogP contribution in [0.3, 0.4) is 0 Å². The van der Waals surface area contributed by atoms with Crippen molar-refractivity contribution in [2.24, 2.45) is 0 Å². The predicted molar refractivity (Wildman–Crippen MR) is 86.1 cm³/mol. The first-order chi connectivity index (χ1) is 11.4. The summed E-state index contributed by atoms with van der Waals surface area (Å²) < 4.78 is 38.2. The van der Waals surface area contributed by atoms with Crippen LogP contribution in [0.5, 0.6) is 0 Å². The topological polar surface area (TPSA) is 41.1 Å². The number of anilines is 1. The minimum atomic E-state index is -4.47. The fourth-order valence-electron chi connectivity index (χ4n) is 2.16. The molecule has 2 N–H and O–H groups in total. The molecule has 0 aromatic heterocycles. The molecule has 1 amide bonds. The molecular formula is C18H15F3N2O. The first kappa shape index (κ1) is 17.6. The van der Waals surface area contributed by atoms with Crippen molar-refractivity contribution in [3.8, 4) is 12.3 Å². The van der Waals surface area contributed by atoms with Gasteiger partial charge in [-0.3, -0.25) is 10.1 Å². The predicted octanol–water partition coefficient (Wildman–Crippen LogP) is 3.61. The fraction of sp³-hybridized carbons (Fsp3) is 0.167. The smallest absolute Gasteiger partial charge is 0.324 e. The normalized spacial score (nSPS) is 12.2. The molecule has 0 aliphatic carbocycles. The van der Waals surface area contributed by atoms with Gasteiger partial charge in [0.05, 0.1) is 12.1 Å². The van der Waals surface area contributed by atoms with Gasteiger partial charge in [0.25, 0.3) is 0 Å². The van der Waals surface area contributed by atoms with Gasteiger partial charge in [-0.1, -0.05) is 42.3 Å². The summed E-state index contributed by atoms with van der Waals surface area (Å²) in [7, 11) is 0. The maximum absolute atomic E-state index is 12.7. The van der Waals surface area contributed by atoms with Crippen molar-refractivity contribution >= 4 is 11.6 Å². The van der Waals surface area contributed by atoms with E-state index in [2.05, 4.69) is 16.6 Å². The van der Waals surface area contributed by atoms with Crippen LogP contribution in [-0.2, 0) is 11.0 Å². The molecule has 2 aromatic carbocycles. The third-order valence-electron chi connectivity index (χ3n) is 3.26. The van der Waals surface area contributed by atoms with Gasteiger partial charge >= 0.3 is 6.18 Å². The molecule has 0 aliphatic rings. The van der Waals surface area contributed by atoms with Crippen molar-refractivity contribution in [1.82, 2.24) is 5.32 Å². The molecule has 0 unspecified atom stereocenters. The van der Waals surface area contributed by atoms with Crippen LogP contribution in [0.2, 0.25) is 0 Å². The van der Waals surface area contributed by atoms with Gasteiger partial charge in [-0.15, -0.1) is 6.42 Å². The first-order valence-corrected chi connectivity index (χ1v) is 7.11. The lowest BCUT2D eigenvalue weighted by atomic mass is 10.1. The molecule has 6 heteroatoms. The van der Waals surface area contributed by atoms with Crippen molar-refractivity contribution < 1.29 is 18.0 Å². The molecule has 0 heterocycles. The first-order valence-electron chi connectivity index (χ1n) is 7.11. The fourth-order valence-corrected chi connectivity index (χ4v) is 2.16. The Kier molecular flexibility index (Phi) is 5.61. The van der Waals surface area contributed by atoms with E-state index in [-0.39, 0.29) is 12.2 Å². The van der Waals surface area contributed by atoms with Crippen LogP contribution in [0.25, 0.3) is 0 Å².